The highest BCUT2D eigenvalue weighted by molar-refractivity contribution is 9.11. The Morgan fingerprint density at radius 2 is 2.00 bits per heavy atom. The highest BCUT2D eigenvalue weighted by Crippen LogP contribution is 2.36. The van der Waals surface area contributed by atoms with Gasteiger partial charge in [0.2, 0.25) is 0 Å². The van der Waals surface area contributed by atoms with Crippen LogP contribution in [0, 0.1) is 0 Å². The summed E-state index contributed by atoms with van der Waals surface area (Å²) >= 11 is 7.98. The summed E-state index contributed by atoms with van der Waals surface area (Å²) in [5.41, 5.74) is 6.34. The molecule has 0 saturated heterocycles. The van der Waals surface area contributed by atoms with E-state index >= 15 is 0 Å². The molecule has 4 nitrogen and oxygen atoms in total. The van der Waals surface area contributed by atoms with E-state index in [2.05, 4.69) is 36.9 Å². The van der Waals surface area contributed by atoms with Crippen molar-refractivity contribution in [3.8, 4) is 5.75 Å². The van der Waals surface area contributed by atoms with Crippen LogP contribution in [0.5, 0.6) is 5.75 Å². The number of nitrogens with zero attached hydrogens (tertiary/aromatic N) is 1. The van der Waals surface area contributed by atoms with Gasteiger partial charge in [-0.15, -0.1) is 0 Å². The fraction of sp³-hybridized carbons (Fsp3) is 0.0909. The third-order valence-corrected chi connectivity index (χ3v) is 4.15. The molecule has 0 aromatic heterocycles. The number of amidine groups is 1. The summed E-state index contributed by atoms with van der Waals surface area (Å²) in [6, 6.07) is 3.72. The van der Waals surface area contributed by atoms with Crippen molar-refractivity contribution in [1.82, 2.24) is 0 Å². The first-order valence-corrected chi connectivity index (χ1v) is 7.22. The number of benzene rings is 1. The van der Waals surface area contributed by atoms with Crippen LogP contribution < -0.4 is 10.5 Å². The minimum atomic E-state index is -0.305. The monoisotopic (exact) mass is 390 g/mol. The van der Waals surface area contributed by atoms with Gasteiger partial charge in [0.15, 0.2) is 5.17 Å². The van der Waals surface area contributed by atoms with Crippen molar-refractivity contribution < 1.29 is 9.53 Å². The van der Waals surface area contributed by atoms with Crippen molar-refractivity contribution in [3.05, 3.63) is 31.5 Å². The average molecular weight is 392 g/mol. The number of thioether (sulfide) groups is 1. The minimum Gasteiger partial charge on any atom is -0.494 e. The molecular weight excluding hydrogens is 384 g/mol. The van der Waals surface area contributed by atoms with Crippen LogP contribution in [0.25, 0.3) is 6.08 Å². The Morgan fingerprint density at radius 3 is 2.44 bits per heavy atom. The van der Waals surface area contributed by atoms with Crippen LogP contribution in [-0.2, 0) is 4.79 Å². The maximum atomic E-state index is 11.5. The van der Waals surface area contributed by atoms with Crippen molar-refractivity contribution in [3.63, 3.8) is 0 Å². The molecule has 0 atom stereocenters. The molecule has 1 aliphatic heterocycles. The minimum absolute atomic E-state index is 0.276. The Morgan fingerprint density at radius 1 is 1.39 bits per heavy atom. The summed E-state index contributed by atoms with van der Waals surface area (Å²) < 4.78 is 6.81. The second-order valence-corrected chi connectivity index (χ2v) is 6.15. The fourth-order valence-corrected chi connectivity index (χ4v) is 3.66. The van der Waals surface area contributed by atoms with Crippen molar-refractivity contribution in [1.29, 1.82) is 0 Å². The molecule has 1 aliphatic rings. The first-order chi connectivity index (χ1) is 8.51. The Bertz CT molecular complexity index is 561. The summed E-state index contributed by atoms with van der Waals surface area (Å²) in [4.78, 5) is 15.6. The van der Waals surface area contributed by atoms with Crippen LogP contribution in [0.1, 0.15) is 5.56 Å². The van der Waals surface area contributed by atoms with E-state index in [0.717, 1.165) is 14.5 Å². The van der Waals surface area contributed by atoms with Crippen LogP contribution in [-0.4, -0.2) is 18.2 Å². The molecule has 7 heteroatoms. The van der Waals surface area contributed by atoms with Crippen LogP contribution in [0.4, 0.5) is 0 Å². The number of ether oxygens (including phenoxy) is 1. The molecule has 1 aromatic rings. The summed E-state index contributed by atoms with van der Waals surface area (Å²) in [6.45, 7) is 0. The molecule has 0 saturated carbocycles. The molecule has 1 aromatic carbocycles. The standard InChI is InChI=1S/C11H8Br2N2O2S/c1-17-9-6(12)2-5(3-7(9)13)4-8-10(16)15-11(14)18-8/h2-4H,1H3,(H2,14,15,16)/b8-4-. The van der Waals surface area contributed by atoms with Gasteiger partial charge in [0, 0.05) is 0 Å². The van der Waals surface area contributed by atoms with Gasteiger partial charge in [0.25, 0.3) is 5.91 Å². The smallest absolute Gasteiger partial charge is 0.286 e. The normalized spacial score (nSPS) is 17.2. The Kier molecular flexibility index (Phi) is 4.14. The van der Waals surface area contributed by atoms with Gasteiger partial charge in [-0.25, -0.2) is 0 Å². The van der Waals surface area contributed by atoms with E-state index in [9.17, 15) is 4.79 Å². The topological polar surface area (TPSA) is 64.7 Å². The van der Waals surface area contributed by atoms with Crippen LogP contribution in [0.2, 0.25) is 0 Å². The van der Waals surface area contributed by atoms with E-state index in [1.165, 1.54) is 11.8 Å². The fourth-order valence-electron chi connectivity index (χ4n) is 1.43. The van der Waals surface area contributed by atoms with Gasteiger partial charge >= 0.3 is 0 Å². The zero-order valence-electron chi connectivity index (χ0n) is 9.24. The maximum Gasteiger partial charge on any atom is 0.286 e. The maximum absolute atomic E-state index is 11.5. The van der Waals surface area contributed by atoms with E-state index < -0.39 is 0 Å². The number of aliphatic imine (C=N–C) groups is 1. The molecule has 0 fully saturated rings. The molecule has 0 aliphatic carbocycles. The molecule has 0 radical (unpaired) electrons. The predicted octanol–water partition coefficient (Wildman–Crippen LogP) is 3.15. The quantitative estimate of drug-likeness (QED) is 0.786. The number of rotatable bonds is 2. The Labute approximate surface area is 125 Å². The number of nitrogens with two attached hydrogens (primary N) is 1. The van der Waals surface area contributed by atoms with Gasteiger partial charge in [-0.05, 0) is 67.4 Å². The lowest BCUT2D eigenvalue weighted by Gasteiger charge is -2.07. The number of amides is 1. The van der Waals surface area contributed by atoms with E-state index in [4.69, 9.17) is 10.5 Å². The number of halogens is 2. The van der Waals surface area contributed by atoms with Gasteiger partial charge in [-0.1, -0.05) is 0 Å². The molecule has 1 amide bonds. The third kappa shape index (κ3) is 2.78. The second kappa shape index (κ2) is 5.46. The highest BCUT2D eigenvalue weighted by atomic mass is 79.9. The molecule has 2 rings (SSSR count). The molecule has 18 heavy (non-hydrogen) atoms. The SMILES string of the molecule is COc1c(Br)cc(/C=C2\SC(N)=NC2=O)cc1Br. The summed E-state index contributed by atoms with van der Waals surface area (Å²) in [5, 5.41) is 0.276. The Hall–Kier alpha value is -0.790. The second-order valence-electron chi connectivity index (χ2n) is 3.38. The van der Waals surface area contributed by atoms with Gasteiger partial charge < -0.3 is 10.5 Å². The third-order valence-electron chi connectivity index (χ3n) is 2.16. The molecular formula is C11H8Br2N2O2S. The predicted molar refractivity (Wildman–Crippen MR) is 80.6 cm³/mol. The molecule has 0 unspecified atom stereocenters. The molecule has 94 valence electrons. The summed E-state index contributed by atoms with van der Waals surface area (Å²) in [6.07, 6.45) is 1.74. The zero-order valence-corrected chi connectivity index (χ0v) is 13.2. The number of hydrogen-bond donors (Lipinski definition) is 1. The van der Waals surface area contributed by atoms with Crippen LogP contribution >= 0.6 is 43.6 Å². The number of carbonyl (C=O) groups excluding carboxylic acids is 1. The van der Waals surface area contributed by atoms with Gasteiger partial charge in [0.1, 0.15) is 5.75 Å². The lowest BCUT2D eigenvalue weighted by Crippen LogP contribution is -2.01. The lowest BCUT2D eigenvalue weighted by atomic mass is 10.2. The molecule has 0 bridgehead atoms. The zero-order chi connectivity index (χ0) is 13.3. The number of carbonyl (C=O) groups is 1. The van der Waals surface area contributed by atoms with Crippen molar-refractivity contribution >= 4 is 60.8 Å². The van der Waals surface area contributed by atoms with Crippen LogP contribution in [0.3, 0.4) is 0 Å². The Balaban J connectivity index is 2.37. The van der Waals surface area contributed by atoms with Gasteiger partial charge in [-0.2, -0.15) is 4.99 Å². The van der Waals surface area contributed by atoms with Crippen LogP contribution in [0.15, 0.2) is 31.0 Å². The number of hydrogen-bond acceptors (Lipinski definition) is 4. The summed E-state index contributed by atoms with van der Waals surface area (Å²) in [5.74, 6) is 0.402. The van der Waals surface area contributed by atoms with Crippen molar-refractivity contribution in [2.24, 2.45) is 10.7 Å². The molecule has 0 spiro atoms. The molecule has 2 N–H and O–H groups in total. The largest absolute Gasteiger partial charge is 0.494 e. The first-order valence-electron chi connectivity index (χ1n) is 4.82. The highest BCUT2D eigenvalue weighted by Gasteiger charge is 2.19. The lowest BCUT2D eigenvalue weighted by molar-refractivity contribution is -0.113. The first kappa shape index (κ1) is 13.6. The van der Waals surface area contributed by atoms with E-state index in [1.54, 1.807) is 13.2 Å². The number of methoxy groups -OCH3 is 1. The summed E-state index contributed by atoms with van der Waals surface area (Å²) in [7, 11) is 1.59. The van der Waals surface area contributed by atoms with E-state index in [0.29, 0.717) is 10.7 Å². The van der Waals surface area contributed by atoms with Gasteiger partial charge in [-0.3, -0.25) is 4.79 Å². The van der Waals surface area contributed by atoms with Crippen molar-refractivity contribution in [2.75, 3.05) is 7.11 Å². The van der Waals surface area contributed by atoms with E-state index in [-0.39, 0.29) is 11.1 Å². The van der Waals surface area contributed by atoms with E-state index in [1.807, 2.05) is 12.1 Å². The van der Waals surface area contributed by atoms with Crippen molar-refractivity contribution in [2.45, 2.75) is 0 Å². The average Bonchev–Trinajstić information content (AvgIpc) is 2.57. The van der Waals surface area contributed by atoms with Gasteiger partial charge in [0.05, 0.1) is 21.0 Å². The molecule has 1 heterocycles.